The number of hydrogen-bond acceptors (Lipinski definition) is 4. The van der Waals surface area contributed by atoms with Crippen LogP contribution in [-0.4, -0.2) is 11.6 Å². The molecule has 3 rings (SSSR count). The van der Waals surface area contributed by atoms with Crippen molar-refractivity contribution in [3.8, 4) is 11.5 Å². The lowest BCUT2D eigenvalue weighted by Gasteiger charge is -2.11. The molecule has 0 aliphatic heterocycles. The van der Waals surface area contributed by atoms with Gasteiger partial charge in [0, 0.05) is 22.6 Å². The Hall–Kier alpha value is -3.22. The van der Waals surface area contributed by atoms with Crippen molar-refractivity contribution in [1.82, 2.24) is 0 Å². The zero-order chi connectivity index (χ0) is 20.8. The number of benzene rings is 3. The number of nitrogens with zero attached hydrogens (tertiary/aromatic N) is 2. The minimum atomic E-state index is -0.126. The van der Waals surface area contributed by atoms with E-state index in [2.05, 4.69) is 10.3 Å². The molecular weight excluding hydrogens is 411 g/mol. The number of amidine groups is 1. The zero-order valence-electron chi connectivity index (χ0n) is 15.1. The second-order valence-electron chi connectivity index (χ2n) is 6.11. The Morgan fingerprint density at radius 1 is 1.00 bits per heavy atom. The monoisotopic (exact) mass is 426 g/mol. The minimum absolute atomic E-state index is 0.126. The topological polar surface area (TPSA) is 101 Å². The van der Waals surface area contributed by atoms with Crippen LogP contribution < -0.4 is 10.5 Å². The fourth-order valence-electron chi connectivity index (χ4n) is 2.70. The van der Waals surface area contributed by atoms with E-state index in [-0.39, 0.29) is 18.0 Å². The van der Waals surface area contributed by atoms with E-state index in [4.69, 9.17) is 39.2 Å². The second-order valence-corrected chi connectivity index (χ2v) is 6.95. The molecule has 146 valence electrons. The Kier molecular flexibility index (Phi) is 6.59. The Morgan fingerprint density at radius 2 is 1.76 bits per heavy atom. The number of ether oxygens (including phenoxy) is 1. The van der Waals surface area contributed by atoms with E-state index in [1.807, 2.05) is 6.07 Å². The van der Waals surface area contributed by atoms with Gasteiger partial charge < -0.3 is 10.5 Å². The fourth-order valence-corrected chi connectivity index (χ4v) is 3.17. The predicted molar refractivity (Wildman–Crippen MR) is 113 cm³/mol. The van der Waals surface area contributed by atoms with Crippen LogP contribution in [0.1, 0.15) is 21.5 Å². The van der Waals surface area contributed by atoms with Crippen LogP contribution in [0.3, 0.4) is 0 Å². The van der Waals surface area contributed by atoms with E-state index < -0.39 is 0 Å². The summed E-state index contributed by atoms with van der Waals surface area (Å²) < 4.78 is 5.84. The van der Waals surface area contributed by atoms with Crippen molar-refractivity contribution in [2.24, 2.45) is 16.1 Å². The Balaban J connectivity index is 1.82. The molecule has 0 saturated heterocycles. The van der Waals surface area contributed by atoms with Gasteiger partial charge in [0.15, 0.2) is 5.78 Å². The largest absolute Gasteiger partial charge is 0.456 e. The molecule has 0 amide bonds. The molecule has 29 heavy (non-hydrogen) atoms. The van der Waals surface area contributed by atoms with Crippen molar-refractivity contribution >= 4 is 34.8 Å². The molecule has 8 heteroatoms. The van der Waals surface area contributed by atoms with Gasteiger partial charge in [0.25, 0.3) is 0 Å². The van der Waals surface area contributed by atoms with Crippen molar-refractivity contribution in [2.75, 3.05) is 0 Å². The number of ketones is 1. The van der Waals surface area contributed by atoms with Gasteiger partial charge in [0.05, 0.1) is 5.02 Å². The van der Waals surface area contributed by atoms with Gasteiger partial charge in [-0.1, -0.05) is 58.8 Å². The molecule has 0 aliphatic carbocycles. The van der Waals surface area contributed by atoms with Crippen LogP contribution >= 0.6 is 23.2 Å². The number of hydrogen-bond donors (Lipinski definition) is 2. The average Bonchev–Trinajstić information content (AvgIpc) is 2.69. The number of rotatable bonds is 7. The van der Waals surface area contributed by atoms with Crippen LogP contribution in [0.15, 0.2) is 77.1 Å². The molecule has 0 saturated carbocycles. The molecule has 0 bridgehead atoms. The first-order valence-electron chi connectivity index (χ1n) is 8.51. The molecule has 0 aromatic heterocycles. The molecular formula is C21H16Cl2N4O2. The highest BCUT2D eigenvalue weighted by Crippen LogP contribution is 2.32. The van der Waals surface area contributed by atoms with Gasteiger partial charge in [-0.05, 0) is 42.0 Å². The molecule has 0 unspecified atom stereocenters. The Morgan fingerprint density at radius 3 is 2.45 bits per heavy atom. The summed E-state index contributed by atoms with van der Waals surface area (Å²) in [7, 11) is 0. The van der Waals surface area contributed by atoms with Gasteiger partial charge in [0.2, 0.25) is 0 Å². The Bertz CT molecular complexity index is 1090. The molecule has 0 fully saturated rings. The zero-order valence-corrected chi connectivity index (χ0v) is 16.6. The van der Waals surface area contributed by atoms with Crippen molar-refractivity contribution in [3.63, 3.8) is 0 Å². The van der Waals surface area contributed by atoms with Crippen LogP contribution in [-0.2, 0) is 6.42 Å². The number of carbonyl (C=O) groups excluding carboxylic acids is 1. The third-order valence-corrected chi connectivity index (χ3v) is 4.47. The van der Waals surface area contributed by atoms with Crippen LogP contribution in [0.2, 0.25) is 10.0 Å². The van der Waals surface area contributed by atoms with Gasteiger partial charge in [-0.2, -0.15) is 5.53 Å². The smallest absolute Gasteiger partial charge is 0.193 e. The first-order chi connectivity index (χ1) is 14.0. The van der Waals surface area contributed by atoms with E-state index in [0.29, 0.717) is 32.7 Å². The van der Waals surface area contributed by atoms with E-state index in [1.165, 1.54) is 0 Å². The van der Waals surface area contributed by atoms with Gasteiger partial charge in [-0.3, -0.25) is 4.79 Å². The SMILES string of the molecule is N=N/N=C(\N)Cc1cc(Cl)cc(Oc2ccc(C(=O)c3ccccc3)cc2Cl)c1. The van der Waals surface area contributed by atoms with Gasteiger partial charge in [0.1, 0.15) is 17.3 Å². The van der Waals surface area contributed by atoms with Crippen LogP contribution in [0.4, 0.5) is 0 Å². The van der Waals surface area contributed by atoms with Crippen LogP contribution in [0, 0.1) is 5.53 Å². The van der Waals surface area contributed by atoms with Crippen LogP contribution in [0.25, 0.3) is 0 Å². The third-order valence-electron chi connectivity index (χ3n) is 3.95. The predicted octanol–water partition coefficient (Wildman–Crippen LogP) is 5.86. The molecule has 3 aromatic carbocycles. The molecule has 0 spiro atoms. The first kappa shape index (κ1) is 20.5. The van der Waals surface area contributed by atoms with Crippen molar-refractivity contribution in [2.45, 2.75) is 6.42 Å². The summed E-state index contributed by atoms with van der Waals surface area (Å²) in [5.74, 6) is 0.883. The molecule has 0 aliphatic rings. The molecule has 0 heterocycles. The molecule has 0 radical (unpaired) electrons. The summed E-state index contributed by atoms with van der Waals surface area (Å²) >= 11 is 12.5. The summed E-state index contributed by atoms with van der Waals surface area (Å²) in [4.78, 5) is 12.6. The standard InChI is InChI=1S/C21H16Cl2N4O2/c22-16-8-13(10-20(24)26-27-25)9-17(12-16)29-19-7-6-15(11-18(19)23)21(28)14-4-2-1-3-5-14/h1-9,11-12H,10H2,(H3,24,25,26). The maximum atomic E-state index is 12.6. The first-order valence-corrected chi connectivity index (χ1v) is 9.27. The van der Waals surface area contributed by atoms with E-state index in [0.717, 1.165) is 5.56 Å². The van der Waals surface area contributed by atoms with Crippen molar-refractivity contribution in [3.05, 3.63) is 93.5 Å². The van der Waals surface area contributed by atoms with E-state index in [1.54, 1.807) is 60.7 Å². The maximum absolute atomic E-state index is 12.6. The lowest BCUT2D eigenvalue weighted by Crippen LogP contribution is -2.14. The highest BCUT2D eigenvalue weighted by molar-refractivity contribution is 6.32. The lowest BCUT2D eigenvalue weighted by molar-refractivity contribution is 0.103. The highest BCUT2D eigenvalue weighted by atomic mass is 35.5. The summed E-state index contributed by atoms with van der Waals surface area (Å²) in [5, 5.41) is 7.12. The molecule has 3 aromatic rings. The van der Waals surface area contributed by atoms with E-state index in [9.17, 15) is 4.79 Å². The van der Waals surface area contributed by atoms with Crippen LogP contribution in [0.5, 0.6) is 11.5 Å². The second kappa shape index (κ2) is 9.32. The molecule has 3 N–H and O–H groups in total. The molecule has 0 atom stereocenters. The van der Waals surface area contributed by atoms with Gasteiger partial charge in [-0.25, -0.2) is 0 Å². The summed E-state index contributed by atoms with van der Waals surface area (Å²) in [6, 6.07) is 18.9. The van der Waals surface area contributed by atoms with E-state index >= 15 is 0 Å². The average molecular weight is 427 g/mol. The van der Waals surface area contributed by atoms with Crippen molar-refractivity contribution < 1.29 is 9.53 Å². The van der Waals surface area contributed by atoms with Crippen molar-refractivity contribution in [1.29, 1.82) is 5.53 Å². The maximum Gasteiger partial charge on any atom is 0.193 e. The Labute approximate surface area is 177 Å². The normalized spacial score (nSPS) is 11.2. The summed E-state index contributed by atoms with van der Waals surface area (Å²) in [6.45, 7) is 0. The highest BCUT2D eigenvalue weighted by Gasteiger charge is 2.13. The summed E-state index contributed by atoms with van der Waals surface area (Å²) in [6.07, 6.45) is 0.261. The third kappa shape index (κ3) is 5.40. The van der Waals surface area contributed by atoms with Gasteiger partial charge >= 0.3 is 0 Å². The number of halogens is 2. The number of nitrogens with two attached hydrogens (primary N) is 1. The molecule has 6 nitrogen and oxygen atoms in total. The number of carbonyl (C=O) groups is 1. The fraction of sp³-hybridized carbons (Fsp3) is 0.0476. The minimum Gasteiger partial charge on any atom is -0.456 e. The van der Waals surface area contributed by atoms with Gasteiger partial charge in [-0.15, -0.1) is 5.10 Å². The number of nitrogens with one attached hydrogen (secondary N) is 1. The summed E-state index contributed by atoms with van der Waals surface area (Å²) in [5.41, 5.74) is 14.2. The quantitative estimate of drug-likeness (QED) is 0.162. The lowest BCUT2D eigenvalue weighted by atomic mass is 10.0.